The number of hydrogen-bond donors (Lipinski definition) is 1. The Morgan fingerprint density at radius 3 is 2.82 bits per heavy atom. The molecule has 116 valence electrons. The molecule has 2 aromatic rings. The zero-order valence-electron chi connectivity index (χ0n) is 12.4. The third-order valence-electron chi connectivity index (χ3n) is 4.05. The summed E-state index contributed by atoms with van der Waals surface area (Å²) in [6.45, 7) is 1.73. The summed E-state index contributed by atoms with van der Waals surface area (Å²) in [7, 11) is 0. The summed E-state index contributed by atoms with van der Waals surface area (Å²) in [6, 6.07) is 6.08. The summed E-state index contributed by atoms with van der Waals surface area (Å²) in [5.41, 5.74) is 0.0947. The Morgan fingerprint density at radius 1 is 1.41 bits per heavy atom. The van der Waals surface area contributed by atoms with Crippen LogP contribution < -0.4 is 5.32 Å². The molecule has 1 aromatic heterocycles. The zero-order valence-corrected chi connectivity index (χ0v) is 12.4. The lowest BCUT2D eigenvalue weighted by Gasteiger charge is -2.26. The Hall–Kier alpha value is -2.24. The molecule has 1 N–H and O–H groups in total. The first kappa shape index (κ1) is 14.7. The van der Waals surface area contributed by atoms with Gasteiger partial charge in [0, 0.05) is 6.92 Å². The van der Waals surface area contributed by atoms with E-state index in [1.54, 1.807) is 19.1 Å². The monoisotopic (exact) mass is 303 g/mol. The van der Waals surface area contributed by atoms with Crippen molar-refractivity contribution in [2.45, 2.75) is 44.6 Å². The molecule has 1 aliphatic rings. The quantitative estimate of drug-likeness (QED) is 0.943. The van der Waals surface area contributed by atoms with Crippen LogP contribution in [0.15, 0.2) is 28.8 Å². The highest BCUT2D eigenvalue weighted by molar-refractivity contribution is 5.79. The minimum Gasteiger partial charge on any atom is -0.343 e. The number of benzene rings is 1. The van der Waals surface area contributed by atoms with Crippen molar-refractivity contribution in [2.24, 2.45) is 0 Å². The zero-order chi connectivity index (χ0) is 15.6. The number of hydrogen-bond acceptors (Lipinski definition) is 4. The molecule has 0 atom stereocenters. The molecule has 0 aliphatic heterocycles. The highest BCUT2D eigenvalue weighted by atomic mass is 19.1. The van der Waals surface area contributed by atoms with Gasteiger partial charge >= 0.3 is 0 Å². The Kier molecular flexibility index (Phi) is 3.92. The van der Waals surface area contributed by atoms with Gasteiger partial charge in [-0.25, -0.2) is 4.39 Å². The molecule has 5 nitrogen and oxygen atoms in total. The van der Waals surface area contributed by atoms with Crippen LogP contribution in [0.1, 0.15) is 43.0 Å². The molecular formula is C16H18FN3O2. The smallest absolute Gasteiger partial charge is 0.225 e. The molecule has 1 fully saturated rings. The number of halogens is 1. The molecule has 1 aromatic carbocycles. The molecule has 1 saturated carbocycles. The van der Waals surface area contributed by atoms with E-state index in [1.807, 2.05) is 0 Å². The van der Waals surface area contributed by atoms with Gasteiger partial charge in [0.05, 0.1) is 6.42 Å². The number of rotatable bonds is 4. The highest BCUT2D eigenvalue weighted by Crippen LogP contribution is 2.37. The van der Waals surface area contributed by atoms with E-state index < -0.39 is 5.54 Å². The number of aryl methyl sites for hydroxylation is 1. The Morgan fingerprint density at radius 2 is 2.18 bits per heavy atom. The van der Waals surface area contributed by atoms with Crippen molar-refractivity contribution in [3.8, 4) is 0 Å². The fourth-order valence-corrected chi connectivity index (χ4v) is 3.02. The van der Waals surface area contributed by atoms with Gasteiger partial charge in [0.25, 0.3) is 0 Å². The lowest BCUT2D eigenvalue weighted by molar-refractivity contribution is -0.122. The van der Waals surface area contributed by atoms with Crippen LogP contribution in [0.3, 0.4) is 0 Å². The molecule has 1 heterocycles. The SMILES string of the molecule is Cc1nc(C2(NC(=O)Cc3cccc(F)c3)CCCC2)no1. The van der Waals surface area contributed by atoms with Gasteiger partial charge in [0.15, 0.2) is 5.82 Å². The molecule has 1 aliphatic carbocycles. The average molecular weight is 303 g/mol. The summed E-state index contributed by atoms with van der Waals surface area (Å²) >= 11 is 0. The fraction of sp³-hybridized carbons (Fsp3) is 0.438. The van der Waals surface area contributed by atoms with E-state index in [1.165, 1.54) is 12.1 Å². The van der Waals surface area contributed by atoms with Crippen molar-refractivity contribution in [3.63, 3.8) is 0 Å². The first-order valence-electron chi connectivity index (χ1n) is 7.44. The van der Waals surface area contributed by atoms with Crippen LogP contribution in [0.5, 0.6) is 0 Å². The van der Waals surface area contributed by atoms with Crippen LogP contribution in [-0.2, 0) is 16.8 Å². The van der Waals surface area contributed by atoms with E-state index >= 15 is 0 Å². The molecule has 22 heavy (non-hydrogen) atoms. The second-order valence-electron chi connectivity index (χ2n) is 5.78. The summed E-state index contributed by atoms with van der Waals surface area (Å²) in [6.07, 6.45) is 3.74. The van der Waals surface area contributed by atoms with Crippen LogP contribution in [0.4, 0.5) is 4.39 Å². The number of aromatic nitrogens is 2. The van der Waals surface area contributed by atoms with Gasteiger partial charge in [-0.15, -0.1) is 0 Å². The van der Waals surface area contributed by atoms with E-state index in [4.69, 9.17) is 4.52 Å². The number of carbonyl (C=O) groups excluding carboxylic acids is 1. The van der Waals surface area contributed by atoms with Crippen LogP contribution >= 0.6 is 0 Å². The second kappa shape index (κ2) is 5.87. The van der Waals surface area contributed by atoms with Crippen molar-refractivity contribution in [1.29, 1.82) is 0 Å². The Bertz CT molecular complexity index is 678. The summed E-state index contributed by atoms with van der Waals surface area (Å²) in [5.74, 6) is 0.528. The third-order valence-corrected chi connectivity index (χ3v) is 4.05. The maximum atomic E-state index is 13.2. The number of nitrogens with one attached hydrogen (secondary N) is 1. The molecule has 6 heteroatoms. The third kappa shape index (κ3) is 3.00. The van der Waals surface area contributed by atoms with E-state index in [-0.39, 0.29) is 18.1 Å². The molecule has 0 saturated heterocycles. The van der Waals surface area contributed by atoms with Crippen molar-refractivity contribution in [3.05, 3.63) is 47.4 Å². The van der Waals surface area contributed by atoms with Crippen LogP contribution in [0.2, 0.25) is 0 Å². The highest BCUT2D eigenvalue weighted by Gasteiger charge is 2.41. The van der Waals surface area contributed by atoms with Crippen LogP contribution in [0.25, 0.3) is 0 Å². The minimum absolute atomic E-state index is 0.135. The molecule has 1 amide bonds. The minimum atomic E-state index is -0.553. The molecule has 0 unspecified atom stereocenters. The topological polar surface area (TPSA) is 68.0 Å². The second-order valence-corrected chi connectivity index (χ2v) is 5.78. The predicted octanol–water partition coefficient (Wildman–Crippen LogP) is 2.65. The fourth-order valence-electron chi connectivity index (χ4n) is 3.02. The van der Waals surface area contributed by atoms with Gasteiger partial charge in [-0.1, -0.05) is 30.1 Å². The van der Waals surface area contributed by atoms with Gasteiger partial charge in [0.2, 0.25) is 11.8 Å². The number of nitrogens with zero attached hydrogens (tertiary/aromatic N) is 2. The molecule has 3 rings (SSSR count). The van der Waals surface area contributed by atoms with Crippen molar-refractivity contribution < 1.29 is 13.7 Å². The summed E-state index contributed by atoms with van der Waals surface area (Å²) in [5, 5.41) is 7.03. The van der Waals surface area contributed by atoms with Crippen LogP contribution in [0, 0.1) is 12.7 Å². The lowest BCUT2D eigenvalue weighted by Crippen LogP contribution is -2.45. The van der Waals surface area contributed by atoms with Gasteiger partial charge in [-0.2, -0.15) is 4.98 Å². The van der Waals surface area contributed by atoms with E-state index in [0.29, 0.717) is 17.3 Å². The number of amides is 1. The maximum Gasteiger partial charge on any atom is 0.225 e. The van der Waals surface area contributed by atoms with Crippen LogP contribution in [-0.4, -0.2) is 16.0 Å². The van der Waals surface area contributed by atoms with Crippen molar-refractivity contribution in [1.82, 2.24) is 15.5 Å². The summed E-state index contributed by atoms with van der Waals surface area (Å²) < 4.78 is 18.3. The van der Waals surface area contributed by atoms with E-state index in [0.717, 1.165) is 25.7 Å². The van der Waals surface area contributed by atoms with Gasteiger partial charge < -0.3 is 9.84 Å². The van der Waals surface area contributed by atoms with E-state index in [9.17, 15) is 9.18 Å². The molecule has 0 spiro atoms. The molecular weight excluding hydrogens is 285 g/mol. The largest absolute Gasteiger partial charge is 0.343 e. The number of carbonyl (C=O) groups is 1. The normalized spacial score (nSPS) is 16.6. The average Bonchev–Trinajstić information content (AvgIpc) is 3.08. The standard InChI is InChI=1S/C16H18FN3O2/c1-11-18-15(20-22-11)16(7-2-3-8-16)19-14(21)10-12-5-4-6-13(17)9-12/h4-6,9H,2-3,7-8,10H2,1H3,(H,19,21). The van der Waals surface area contributed by atoms with E-state index in [2.05, 4.69) is 15.5 Å². The summed E-state index contributed by atoms with van der Waals surface area (Å²) in [4.78, 5) is 16.6. The first-order valence-corrected chi connectivity index (χ1v) is 7.44. The van der Waals surface area contributed by atoms with Crippen molar-refractivity contribution >= 4 is 5.91 Å². The van der Waals surface area contributed by atoms with Crippen molar-refractivity contribution in [2.75, 3.05) is 0 Å². The molecule has 0 radical (unpaired) electrons. The first-order chi connectivity index (χ1) is 10.6. The maximum absolute atomic E-state index is 13.2. The predicted molar refractivity (Wildman–Crippen MR) is 77.4 cm³/mol. The molecule has 0 bridgehead atoms. The Labute approximate surface area is 127 Å². The van der Waals surface area contributed by atoms with Gasteiger partial charge in [0.1, 0.15) is 11.4 Å². The Balaban J connectivity index is 1.75. The lowest BCUT2D eigenvalue weighted by atomic mass is 9.96. The van der Waals surface area contributed by atoms with Gasteiger partial charge in [-0.3, -0.25) is 4.79 Å². The van der Waals surface area contributed by atoms with Gasteiger partial charge in [-0.05, 0) is 30.5 Å².